The van der Waals surface area contributed by atoms with E-state index in [0.717, 1.165) is 16.7 Å². The first-order valence-corrected chi connectivity index (χ1v) is 9.52. The van der Waals surface area contributed by atoms with Gasteiger partial charge in [0.15, 0.2) is 6.61 Å². The number of ether oxygens (including phenoxy) is 1. The van der Waals surface area contributed by atoms with Gasteiger partial charge in [0, 0.05) is 6.54 Å². The summed E-state index contributed by atoms with van der Waals surface area (Å²) in [5, 5.41) is 4.72. The molecule has 0 heterocycles. The van der Waals surface area contributed by atoms with Gasteiger partial charge in [0.1, 0.15) is 0 Å². The summed E-state index contributed by atoms with van der Waals surface area (Å²) >= 11 is 0. The summed E-state index contributed by atoms with van der Waals surface area (Å²) < 4.78 is 5.10. The average molecular weight is 402 g/mol. The second-order valence-corrected chi connectivity index (χ2v) is 6.61. The Kier molecular flexibility index (Phi) is 7.33. The molecule has 2 N–H and O–H groups in total. The second-order valence-electron chi connectivity index (χ2n) is 6.61. The van der Waals surface area contributed by atoms with Crippen LogP contribution in [-0.4, -0.2) is 24.5 Å². The molecular weight excluding hydrogens is 380 g/mol. The van der Waals surface area contributed by atoms with Crippen LogP contribution in [-0.2, 0) is 22.5 Å². The van der Waals surface area contributed by atoms with E-state index in [2.05, 4.69) is 10.6 Å². The Labute approximate surface area is 174 Å². The lowest BCUT2D eigenvalue weighted by Gasteiger charge is -2.10. The summed E-state index contributed by atoms with van der Waals surface area (Å²) in [5.41, 5.74) is 3.16. The zero-order valence-corrected chi connectivity index (χ0v) is 16.3. The van der Waals surface area contributed by atoms with Crippen molar-refractivity contribution in [1.29, 1.82) is 0 Å². The van der Waals surface area contributed by atoms with Gasteiger partial charge in [0.2, 0.25) is 0 Å². The van der Waals surface area contributed by atoms with Crippen molar-refractivity contribution in [2.45, 2.75) is 13.0 Å². The molecule has 0 aromatic heterocycles. The molecule has 0 aliphatic heterocycles. The average Bonchev–Trinajstić information content (AvgIpc) is 2.78. The number of nitrogens with one attached hydrogen (secondary N) is 2. The summed E-state index contributed by atoms with van der Waals surface area (Å²) in [6.07, 6.45) is 0.570. The van der Waals surface area contributed by atoms with Crippen LogP contribution < -0.4 is 10.6 Å². The molecule has 0 fully saturated rings. The minimum absolute atomic E-state index is 0.284. The van der Waals surface area contributed by atoms with Crippen molar-refractivity contribution in [3.63, 3.8) is 0 Å². The summed E-state index contributed by atoms with van der Waals surface area (Å²) in [5.74, 6) is -1.31. The van der Waals surface area contributed by atoms with Crippen LogP contribution in [0, 0.1) is 0 Å². The van der Waals surface area contributed by atoms with Gasteiger partial charge in [-0.2, -0.15) is 0 Å². The molecule has 3 rings (SSSR count). The zero-order chi connectivity index (χ0) is 21.2. The number of rotatable bonds is 7. The minimum atomic E-state index is -0.700. The van der Waals surface area contributed by atoms with Crippen molar-refractivity contribution in [1.82, 2.24) is 10.6 Å². The normalized spacial score (nSPS) is 10.1. The molecule has 0 bridgehead atoms. The molecule has 0 aliphatic rings. The first kappa shape index (κ1) is 20.8. The van der Waals surface area contributed by atoms with Crippen LogP contribution in [0.5, 0.6) is 0 Å². The van der Waals surface area contributed by atoms with Crippen molar-refractivity contribution in [2.75, 3.05) is 6.61 Å². The largest absolute Gasteiger partial charge is 0.452 e. The molecule has 0 saturated carbocycles. The fourth-order valence-electron chi connectivity index (χ4n) is 2.88. The monoisotopic (exact) mass is 402 g/mol. The molecule has 152 valence electrons. The Morgan fingerprint density at radius 1 is 0.733 bits per heavy atom. The lowest BCUT2D eigenvalue weighted by Crippen LogP contribution is -2.41. The molecule has 0 unspecified atom stereocenters. The van der Waals surface area contributed by atoms with Gasteiger partial charge < -0.3 is 10.1 Å². The van der Waals surface area contributed by atoms with Crippen LogP contribution in [0.3, 0.4) is 0 Å². The highest BCUT2D eigenvalue weighted by molar-refractivity contribution is 5.97. The van der Waals surface area contributed by atoms with Gasteiger partial charge in [-0.15, -0.1) is 0 Å². The zero-order valence-electron chi connectivity index (χ0n) is 16.3. The van der Waals surface area contributed by atoms with E-state index in [0.29, 0.717) is 12.0 Å². The van der Waals surface area contributed by atoms with E-state index < -0.39 is 24.5 Å². The van der Waals surface area contributed by atoms with Crippen molar-refractivity contribution in [3.8, 4) is 0 Å². The summed E-state index contributed by atoms with van der Waals surface area (Å²) in [6, 6.07) is 25.5. The Morgan fingerprint density at radius 2 is 1.33 bits per heavy atom. The first-order chi connectivity index (χ1) is 14.6. The Balaban J connectivity index is 1.49. The third kappa shape index (κ3) is 6.31. The highest BCUT2D eigenvalue weighted by atomic mass is 16.5. The Bertz CT molecular complexity index is 1000. The minimum Gasteiger partial charge on any atom is -0.452 e. The lowest BCUT2D eigenvalue weighted by molar-refractivity contribution is -0.123. The molecule has 6 heteroatoms. The molecule has 0 radical (unpaired) electrons. The highest BCUT2D eigenvalue weighted by Crippen LogP contribution is 2.15. The smallest absolute Gasteiger partial charge is 0.338 e. The third-order valence-electron chi connectivity index (χ3n) is 4.36. The lowest BCUT2D eigenvalue weighted by atomic mass is 10.00. The number of benzene rings is 3. The van der Waals surface area contributed by atoms with E-state index in [1.165, 1.54) is 0 Å². The van der Waals surface area contributed by atoms with Gasteiger partial charge in [-0.05, 0) is 29.2 Å². The predicted molar refractivity (Wildman–Crippen MR) is 113 cm³/mol. The molecule has 0 aliphatic carbocycles. The molecule has 6 nitrogen and oxygen atoms in total. The first-order valence-electron chi connectivity index (χ1n) is 9.52. The van der Waals surface area contributed by atoms with E-state index in [9.17, 15) is 14.4 Å². The maximum Gasteiger partial charge on any atom is 0.338 e. The summed E-state index contributed by atoms with van der Waals surface area (Å²) in [4.78, 5) is 36.2. The van der Waals surface area contributed by atoms with Gasteiger partial charge in [0.25, 0.3) is 5.91 Å². The number of carbonyl (C=O) groups is 3. The Morgan fingerprint density at radius 3 is 2.03 bits per heavy atom. The summed E-state index contributed by atoms with van der Waals surface area (Å²) in [7, 11) is 0. The molecule has 0 saturated heterocycles. The molecule has 0 spiro atoms. The molecule has 30 heavy (non-hydrogen) atoms. The van der Waals surface area contributed by atoms with Gasteiger partial charge in [-0.3, -0.25) is 10.1 Å². The van der Waals surface area contributed by atoms with E-state index in [1.54, 1.807) is 12.1 Å². The van der Waals surface area contributed by atoms with Crippen LogP contribution >= 0.6 is 0 Å². The maximum absolute atomic E-state index is 12.5. The quantitative estimate of drug-likeness (QED) is 0.593. The van der Waals surface area contributed by atoms with Crippen LogP contribution in [0.4, 0.5) is 4.79 Å². The maximum atomic E-state index is 12.5. The predicted octanol–water partition coefficient (Wildman–Crippen LogP) is 3.46. The molecule has 3 aromatic rings. The van der Waals surface area contributed by atoms with Crippen molar-refractivity contribution in [3.05, 3.63) is 107 Å². The number of carbonyl (C=O) groups excluding carboxylic acids is 3. The second kappa shape index (κ2) is 10.6. The van der Waals surface area contributed by atoms with Gasteiger partial charge in [-0.25, -0.2) is 9.59 Å². The number of amides is 3. The van der Waals surface area contributed by atoms with Gasteiger partial charge >= 0.3 is 12.0 Å². The topological polar surface area (TPSA) is 84.5 Å². The van der Waals surface area contributed by atoms with E-state index in [1.807, 2.05) is 72.8 Å². The standard InChI is InChI=1S/C24H22N2O4/c27-22(26-24(29)25-16-19-11-5-2-6-12-19)17-30-23(28)21-14-8-7-13-20(21)15-18-9-3-1-4-10-18/h1-14H,15-17H2,(H2,25,26,27,29). The van der Waals surface area contributed by atoms with E-state index in [4.69, 9.17) is 4.74 Å². The Hall–Kier alpha value is -3.93. The van der Waals surface area contributed by atoms with E-state index in [-0.39, 0.29) is 6.54 Å². The number of imide groups is 1. The number of hydrogen-bond acceptors (Lipinski definition) is 4. The molecule has 3 amide bonds. The van der Waals surface area contributed by atoms with Crippen LogP contribution in [0.1, 0.15) is 27.0 Å². The molecule has 3 aromatic carbocycles. The number of urea groups is 1. The van der Waals surface area contributed by atoms with Gasteiger partial charge in [-0.1, -0.05) is 78.9 Å². The van der Waals surface area contributed by atoms with E-state index >= 15 is 0 Å². The van der Waals surface area contributed by atoms with Crippen molar-refractivity contribution >= 4 is 17.9 Å². The number of esters is 1. The fraction of sp³-hybridized carbons (Fsp3) is 0.125. The fourth-order valence-corrected chi connectivity index (χ4v) is 2.88. The highest BCUT2D eigenvalue weighted by Gasteiger charge is 2.15. The molecular formula is C24H22N2O4. The third-order valence-corrected chi connectivity index (χ3v) is 4.36. The van der Waals surface area contributed by atoms with Crippen molar-refractivity contribution in [2.24, 2.45) is 0 Å². The van der Waals surface area contributed by atoms with Crippen LogP contribution in [0.25, 0.3) is 0 Å². The van der Waals surface area contributed by atoms with Crippen molar-refractivity contribution < 1.29 is 19.1 Å². The van der Waals surface area contributed by atoms with Gasteiger partial charge in [0.05, 0.1) is 5.56 Å². The SMILES string of the molecule is O=C(COC(=O)c1ccccc1Cc1ccccc1)NC(=O)NCc1ccccc1. The van der Waals surface area contributed by atoms with Crippen LogP contribution in [0.2, 0.25) is 0 Å². The molecule has 0 atom stereocenters. The number of hydrogen-bond donors (Lipinski definition) is 2. The summed E-state index contributed by atoms with van der Waals surface area (Å²) in [6.45, 7) is -0.260. The van der Waals surface area contributed by atoms with Crippen LogP contribution in [0.15, 0.2) is 84.9 Å².